The third-order valence-electron chi connectivity index (χ3n) is 3.00. The lowest BCUT2D eigenvalue weighted by atomic mass is 10.1. The van der Waals surface area contributed by atoms with E-state index in [0.717, 1.165) is 0 Å². The summed E-state index contributed by atoms with van der Waals surface area (Å²) >= 11 is 0. The Morgan fingerprint density at radius 1 is 1.33 bits per heavy atom. The molecule has 0 saturated carbocycles. The summed E-state index contributed by atoms with van der Waals surface area (Å²) in [6.07, 6.45) is 2.61. The van der Waals surface area contributed by atoms with E-state index in [9.17, 15) is 9.59 Å². The Bertz CT molecular complexity index is 708. The first-order valence-corrected chi connectivity index (χ1v) is 6.11. The minimum atomic E-state index is -0.935. The number of carboxylic acid groups (broad SMARTS) is 1. The maximum atomic E-state index is 11.5. The largest absolute Gasteiger partial charge is 0.481 e. The topological polar surface area (TPSA) is 107 Å². The van der Waals surface area contributed by atoms with E-state index >= 15 is 0 Å². The van der Waals surface area contributed by atoms with Crippen LogP contribution in [0.4, 0.5) is 0 Å². The number of ether oxygens (including phenoxy) is 1. The lowest BCUT2D eigenvalue weighted by molar-refractivity contribution is -0.136. The van der Waals surface area contributed by atoms with Crippen molar-refractivity contribution < 1.29 is 19.4 Å². The standard InChI is InChI=1S/C13H14N4O4/c1-7-9(4-12(18)19)8(2)17(16-7)11-6-14-5-10(15-11)13(20)21-3/h5-6H,4H2,1-3H3,(H,18,19). The van der Waals surface area contributed by atoms with Gasteiger partial charge in [0.25, 0.3) is 0 Å². The molecule has 1 N–H and O–H groups in total. The van der Waals surface area contributed by atoms with Crippen molar-refractivity contribution >= 4 is 11.9 Å². The number of methoxy groups -OCH3 is 1. The molecule has 0 saturated heterocycles. The Morgan fingerprint density at radius 3 is 2.67 bits per heavy atom. The Morgan fingerprint density at radius 2 is 2.05 bits per heavy atom. The van der Waals surface area contributed by atoms with Crippen LogP contribution in [0.15, 0.2) is 12.4 Å². The van der Waals surface area contributed by atoms with Crippen molar-refractivity contribution in [2.24, 2.45) is 0 Å². The summed E-state index contributed by atoms with van der Waals surface area (Å²) < 4.78 is 6.06. The van der Waals surface area contributed by atoms with Gasteiger partial charge in [-0.2, -0.15) is 5.10 Å². The van der Waals surface area contributed by atoms with Gasteiger partial charge in [0.15, 0.2) is 11.5 Å². The number of rotatable bonds is 4. The Labute approximate surface area is 120 Å². The molecule has 0 unspecified atom stereocenters. The van der Waals surface area contributed by atoms with E-state index in [-0.39, 0.29) is 12.1 Å². The average molecular weight is 290 g/mol. The van der Waals surface area contributed by atoms with Gasteiger partial charge in [-0.25, -0.2) is 14.5 Å². The van der Waals surface area contributed by atoms with Crippen molar-refractivity contribution in [3.05, 3.63) is 35.0 Å². The van der Waals surface area contributed by atoms with Gasteiger partial charge in [0.05, 0.1) is 31.6 Å². The third kappa shape index (κ3) is 2.88. The minimum Gasteiger partial charge on any atom is -0.481 e. The van der Waals surface area contributed by atoms with Crippen LogP contribution < -0.4 is 0 Å². The monoisotopic (exact) mass is 290 g/mol. The van der Waals surface area contributed by atoms with Crippen LogP contribution in [0, 0.1) is 13.8 Å². The molecule has 0 fully saturated rings. The van der Waals surface area contributed by atoms with Gasteiger partial charge in [-0.3, -0.25) is 9.78 Å². The van der Waals surface area contributed by atoms with Crippen molar-refractivity contribution in [2.45, 2.75) is 20.3 Å². The van der Waals surface area contributed by atoms with Crippen LogP contribution in [-0.2, 0) is 16.0 Å². The van der Waals surface area contributed by atoms with Crippen molar-refractivity contribution in [1.29, 1.82) is 0 Å². The summed E-state index contributed by atoms with van der Waals surface area (Å²) in [5.41, 5.74) is 1.92. The van der Waals surface area contributed by atoms with Crippen LogP contribution in [0.3, 0.4) is 0 Å². The van der Waals surface area contributed by atoms with Crippen LogP contribution >= 0.6 is 0 Å². The summed E-state index contributed by atoms with van der Waals surface area (Å²) in [6.45, 7) is 3.46. The molecule has 0 aliphatic heterocycles. The first-order chi connectivity index (χ1) is 9.93. The lowest BCUT2D eigenvalue weighted by Gasteiger charge is -2.05. The van der Waals surface area contributed by atoms with Gasteiger partial charge in [-0.1, -0.05) is 0 Å². The van der Waals surface area contributed by atoms with Gasteiger partial charge in [0, 0.05) is 11.3 Å². The van der Waals surface area contributed by atoms with E-state index in [0.29, 0.717) is 22.8 Å². The zero-order valence-corrected chi connectivity index (χ0v) is 11.8. The summed E-state index contributed by atoms with van der Waals surface area (Å²) in [5, 5.41) is 13.2. The van der Waals surface area contributed by atoms with Crippen molar-refractivity contribution in [3.8, 4) is 5.82 Å². The maximum Gasteiger partial charge on any atom is 0.358 e. The number of aryl methyl sites for hydroxylation is 1. The molecule has 0 spiro atoms. The van der Waals surface area contributed by atoms with E-state index < -0.39 is 11.9 Å². The van der Waals surface area contributed by atoms with Crippen molar-refractivity contribution in [1.82, 2.24) is 19.7 Å². The Hall–Kier alpha value is -2.77. The molecule has 0 atom stereocenters. The molecule has 2 heterocycles. The van der Waals surface area contributed by atoms with Crippen molar-refractivity contribution in [2.75, 3.05) is 7.11 Å². The number of nitrogens with zero attached hydrogens (tertiary/aromatic N) is 4. The van der Waals surface area contributed by atoms with Crippen LogP contribution in [-0.4, -0.2) is 43.9 Å². The van der Waals surface area contributed by atoms with Gasteiger partial charge < -0.3 is 9.84 Å². The summed E-state index contributed by atoms with van der Waals surface area (Å²) in [7, 11) is 1.25. The van der Waals surface area contributed by atoms with E-state index in [4.69, 9.17) is 5.11 Å². The highest BCUT2D eigenvalue weighted by Crippen LogP contribution is 2.17. The molecule has 0 aromatic carbocycles. The molecule has 0 bridgehead atoms. The number of carbonyl (C=O) groups excluding carboxylic acids is 1. The second kappa shape index (κ2) is 5.70. The van der Waals surface area contributed by atoms with E-state index in [2.05, 4.69) is 19.8 Å². The lowest BCUT2D eigenvalue weighted by Crippen LogP contribution is -2.10. The van der Waals surface area contributed by atoms with Crippen LogP contribution in [0.5, 0.6) is 0 Å². The second-order valence-electron chi connectivity index (χ2n) is 4.39. The van der Waals surface area contributed by atoms with Crippen LogP contribution in [0.1, 0.15) is 27.4 Å². The summed E-state index contributed by atoms with van der Waals surface area (Å²) in [4.78, 5) is 30.4. The highest BCUT2D eigenvalue weighted by Gasteiger charge is 2.17. The first-order valence-electron chi connectivity index (χ1n) is 6.11. The molecule has 110 valence electrons. The molecule has 0 amide bonds. The van der Waals surface area contributed by atoms with E-state index in [1.165, 1.54) is 24.2 Å². The summed E-state index contributed by atoms with van der Waals surface area (Å²) in [5.74, 6) is -1.21. The predicted molar refractivity (Wildman–Crippen MR) is 71.3 cm³/mol. The number of carbonyl (C=O) groups is 2. The molecule has 2 aromatic heterocycles. The molecule has 0 radical (unpaired) electrons. The maximum absolute atomic E-state index is 11.5. The minimum absolute atomic E-state index is 0.0577. The molecular weight excluding hydrogens is 276 g/mol. The number of aromatic nitrogens is 4. The molecule has 2 aromatic rings. The number of hydrogen-bond donors (Lipinski definition) is 1. The van der Waals surface area contributed by atoms with Gasteiger partial charge in [0.1, 0.15) is 0 Å². The molecule has 0 aliphatic rings. The number of hydrogen-bond acceptors (Lipinski definition) is 6. The fourth-order valence-electron chi connectivity index (χ4n) is 1.97. The smallest absolute Gasteiger partial charge is 0.358 e. The van der Waals surface area contributed by atoms with Crippen molar-refractivity contribution in [3.63, 3.8) is 0 Å². The number of carboxylic acids is 1. The highest BCUT2D eigenvalue weighted by molar-refractivity contribution is 5.86. The SMILES string of the molecule is COC(=O)c1cncc(-n2nc(C)c(CC(=O)O)c2C)n1. The molecule has 2 rings (SSSR count). The van der Waals surface area contributed by atoms with E-state index in [1.54, 1.807) is 13.8 Å². The summed E-state index contributed by atoms with van der Waals surface area (Å²) in [6, 6.07) is 0. The van der Waals surface area contributed by atoms with Crippen LogP contribution in [0.2, 0.25) is 0 Å². The predicted octanol–water partition coefficient (Wildman–Crippen LogP) is 0.693. The number of aliphatic carboxylic acids is 1. The van der Waals surface area contributed by atoms with Gasteiger partial charge in [0.2, 0.25) is 0 Å². The Kier molecular flexibility index (Phi) is 3.97. The first kappa shape index (κ1) is 14.6. The van der Waals surface area contributed by atoms with Crippen LogP contribution in [0.25, 0.3) is 5.82 Å². The van der Waals surface area contributed by atoms with Gasteiger partial charge >= 0.3 is 11.9 Å². The number of esters is 1. The van der Waals surface area contributed by atoms with E-state index in [1.807, 2.05) is 0 Å². The third-order valence-corrected chi connectivity index (χ3v) is 3.00. The average Bonchev–Trinajstić information content (AvgIpc) is 2.74. The molecular formula is C13H14N4O4. The highest BCUT2D eigenvalue weighted by atomic mass is 16.5. The zero-order chi connectivity index (χ0) is 15.6. The molecule has 8 heteroatoms. The van der Waals surface area contributed by atoms with Gasteiger partial charge in [-0.05, 0) is 13.8 Å². The van der Waals surface area contributed by atoms with Gasteiger partial charge in [-0.15, -0.1) is 0 Å². The molecule has 21 heavy (non-hydrogen) atoms. The fourth-order valence-corrected chi connectivity index (χ4v) is 1.97. The quantitative estimate of drug-likeness (QED) is 0.825. The second-order valence-corrected chi connectivity index (χ2v) is 4.39. The normalized spacial score (nSPS) is 10.4. The fraction of sp³-hybridized carbons (Fsp3) is 0.308. The molecule has 8 nitrogen and oxygen atoms in total. The Balaban J connectivity index is 2.48. The zero-order valence-electron chi connectivity index (χ0n) is 11.8. The molecule has 0 aliphatic carbocycles.